The van der Waals surface area contributed by atoms with Gasteiger partial charge in [0.15, 0.2) is 32.7 Å². The molecule has 2 atom stereocenters. The van der Waals surface area contributed by atoms with Crippen LogP contribution in [0, 0.1) is 0 Å². The molecule has 2 N–H and O–H groups in total. The van der Waals surface area contributed by atoms with E-state index in [9.17, 15) is 18.0 Å². The maximum absolute atomic E-state index is 13.1. The molecule has 2 aromatic carbocycles. The highest BCUT2D eigenvalue weighted by Gasteiger charge is 2.38. The van der Waals surface area contributed by atoms with Gasteiger partial charge >= 0.3 is 0 Å². The van der Waals surface area contributed by atoms with Crippen molar-refractivity contribution in [3.05, 3.63) is 95.6 Å². The van der Waals surface area contributed by atoms with Crippen LogP contribution in [0.2, 0.25) is 0 Å². The normalized spacial score (nSPS) is 20.2. The first-order chi connectivity index (χ1) is 27.8. The molecule has 2 aliphatic rings. The summed E-state index contributed by atoms with van der Waals surface area (Å²) in [6.07, 6.45) is 3.34. The second-order valence-corrected chi connectivity index (χ2v) is 17.6. The Balaban J connectivity index is 0.846. The van der Waals surface area contributed by atoms with Crippen molar-refractivity contribution < 1.29 is 40.6 Å². The van der Waals surface area contributed by atoms with Gasteiger partial charge < -0.3 is 33.3 Å². The Morgan fingerprint density at radius 1 is 0.672 bits per heavy atom. The lowest BCUT2D eigenvalue weighted by molar-refractivity contribution is 0.00176. The SMILES string of the molecule is CC(C)O[C@H](C)c1nnc(C2CC(NC(=O)c3cc(-c4cccc(-c5cccc(-c6cc(C(=O)NC7CC(c8nnc([C@@H](C)S(C)(=O)=O)o8)C7)no6)c5)c4)on3)C2)o1. The van der Waals surface area contributed by atoms with Gasteiger partial charge in [-0.05, 0) is 76.6 Å². The molecule has 6 aromatic rings. The largest absolute Gasteiger partial charge is 0.424 e. The first-order valence-corrected chi connectivity index (χ1v) is 21.0. The standard InChI is InChI=1S/C40H42N8O9S/c1-20(2)53-21(3)37-43-45-39(54-37)27-14-29(15-27)41-35(49)31-18-33(56-47-31)25-10-6-8-23(12-25)24-9-7-11-26(13-24)34-19-32(48-57-34)36(50)42-30-16-28(17-30)40-46-44-38(55-40)22(4)58(5,51)52/h6-13,18-22,27-30H,14-17H2,1-5H3,(H,41,49)(H,42,50)/t21-,22-,27?,28?,29?,30?/m1/s1. The van der Waals surface area contributed by atoms with Gasteiger partial charge in [-0.2, -0.15) is 0 Å². The maximum Gasteiger partial charge on any atom is 0.273 e. The molecular formula is C40H42N8O9S. The topological polar surface area (TPSA) is 231 Å². The fourth-order valence-electron chi connectivity index (χ4n) is 6.94. The van der Waals surface area contributed by atoms with E-state index in [4.69, 9.17) is 22.6 Å². The number of hydrogen-bond acceptors (Lipinski definition) is 15. The molecule has 0 radical (unpaired) electrons. The van der Waals surface area contributed by atoms with Crippen molar-refractivity contribution in [2.45, 2.75) is 94.8 Å². The molecule has 0 unspecified atom stereocenters. The van der Waals surface area contributed by atoms with E-state index in [-0.39, 0.29) is 65.2 Å². The fraction of sp³-hybridized carbons (Fsp3) is 0.400. The van der Waals surface area contributed by atoms with Gasteiger partial charge in [-0.25, -0.2) is 8.42 Å². The average Bonchev–Trinajstić information content (AvgIpc) is 4.00. The summed E-state index contributed by atoms with van der Waals surface area (Å²) in [5, 5.41) is 29.3. The molecule has 302 valence electrons. The summed E-state index contributed by atoms with van der Waals surface area (Å²) >= 11 is 0. The van der Waals surface area contributed by atoms with Gasteiger partial charge in [0.1, 0.15) is 11.4 Å². The minimum atomic E-state index is -3.37. The van der Waals surface area contributed by atoms with E-state index in [1.165, 1.54) is 6.92 Å². The Bertz CT molecular complexity index is 2550. The number of nitrogens with zero attached hydrogens (tertiary/aromatic N) is 6. The van der Waals surface area contributed by atoms with E-state index in [2.05, 4.69) is 41.3 Å². The zero-order valence-electron chi connectivity index (χ0n) is 32.4. The Morgan fingerprint density at radius 2 is 1.12 bits per heavy atom. The van der Waals surface area contributed by atoms with Gasteiger partial charge in [0.25, 0.3) is 11.8 Å². The van der Waals surface area contributed by atoms with Crippen molar-refractivity contribution in [2.24, 2.45) is 0 Å². The lowest BCUT2D eigenvalue weighted by Crippen LogP contribution is -2.43. The van der Waals surface area contributed by atoms with Crippen molar-refractivity contribution in [3.8, 4) is 33.8 Å². The van der Waals surface area contributed by atoms with Crippen LogP contribution in [0.15, 0.2) is 78.5 Å². The predicted molar refractivity (Wildman–Crippen MR) is 206 cm³/mol. The van der Waals surface area contributed by atoms with Crippen molar-refractivity contribution in [1.82, 2.24) is 41.3 Å². The average molecular weight is 811 g/mol. The second-order valence-electron chi connectivity index (χ2n) is 15.2. The smallest absolute Gasteiger partial charge is 0.273 e. The number of hydrogen-bond donors (Lipinski definition) is 2. The molecule has 0 bridgehead atoms. The zero-order chi connectivity index (χ0) is 40.7. The number of sulfone groups is 1. The Labute approximate surface area is 333 Å². The van der Waals surface area contributed by atoms with Crippen molar-refractivity contribution in [2.75, 3.05) is 6.26 Å². The second kappa shape index (κ2) is 15.7. The quantitative estimate of drug-likeness (QED) is 0.122. The highest BCUT2D eigenvalue weighted by Crippen LogP contribution is 2.39. The molecule has 0 aliphatic heterocycles. The summed E-state index contributed by atoms with van der Waals surface area (Å²) in [4.78, 5) is 26.1. The molecule has 2 amide bonds. The van der Waals surface area contributed by atoms with Crippen LogP contribution >= 0.6 is 0 Å². The van der Waals surface area contributed by atoms with Crippen LogP contribution in [0.5, 0.6) is 0 Å². The summed E-state index contributed by atoms with van der Waals surface area (Å²) in [6, 6.07) is 18.3. The summed E-state index contributed by atoms with van der Waals surface area (Å²) < 4.78 is 52.0. The summed E-state index contributed by atoms with van der Waals surface area (Å²) in [5.41, 5.74) is 3.53. The number of carbonyl (C=O) groups is 2. The van der Waals surface area contributed by atoms with Crippen LogP contribution in [0.1, 0.15) is 121 Å². The number of benzene rings is 2. The van der Waals surface area contributed by atoms with Crippen molar-refractivity contribution >= 4 is 21.7 Å². The first-order valence-electron chi connectivity index (χ1n) is 19.0. The highest BCUT2D eigenvalue weighted by molar-refractivity contribution is 7.90. The number of carbonyl (C=O) groups excluding carboxylic acids is 2. The first kappa shape index (κ1) is 38.8. The van der Waals surface area contributed by atoms with Crippen molar-refractivity contribution in [3.63, 3.8) is 0 Å². The maximum atomic E-state index is 13.1. The molecule has 2 saturated carbocycles. The zero-order valence-corrected chi connectivity index (χ0v) is 33.2. The highest BCUT2D eigenvalue weighted by atomic mass is 32.2. The van der Waals surface area contributed by atoms with E-state index in [1.54, 1.807) is 12.1 Å². The van der Waals surface area contributed by atoms with Crippen LogP contribution in [0.25, 0.3) is 33.8 Å². The van der Waals surface area contributed by atoms with Crippen LogP contribution in [0.3, 0.4) is 0 Å². The van der Waals surface area contributed by atoms with Crippen LogP contribution < -0.4 is 10.6 Å². The van der Waals surface area contributed by atoms with Gasteiger partial charge in [-0.15, -0.1) is 20.4 Å². The van der Waals surface area contributed by atoms with Crippen LogP contribution in [-0.4, -0.2) is 75.4 Å². The molecule has 58 heavy (non-hydrogen) atoms. The molecule has 18 heteroatoms. The van der Waals surface area contributed by atoms with Crippen LogP contribution in [-0.2, 0) is 14.6 Å². The predicted octanol–water partition coefficient (Wildman–Crippen LogP) is 6.37. The summed E-state index contributed by atoms with van der Waals surface area (Å²) in [7, 11) is -3.37. The molecule has 4 aromatic heterocycles. The third-order valence-corrected chi connectivity index (χ3v) is 12.0. The number of ether oxygens (including phenoxy) is 1. The number of aromatic nitrogens is 6. The van der Waals surface area contributed by atoms with E-state index < -0.39 is 15.1 Å². The lowest BCUT2D eigenvalue weighted by Gasteiger charge is -2.33. The molecule has 17 nitrogen and oxygen atoms in total. The Hall–Kier alpha value is -6.01. The van der Waals surface area contributed by atoms with E-state index >= 15 is 0 Å². The molecule has 0 spiro atoms. The number of nitrogens with one attached hydrogen (secondary N) is 2. The third-order valence-electron chi connectivity index (χ3n) is 10.5. The fourth-order valence-corrected chi connectivity index (χ4v) is 7.40. The van der Waals surface area contributed by atoms with E-state index in [1.807, 2.05) is 69.3 Å². The molecule has 0 saturated heterocycles. The summed E-state index contributed by atoms with van der Waals surface area (Å²) in [6.45, 7) is 7.27. The van der Waals surface area contributed by atoms with Gasteiger partial charge in [-0.3, -0.25) is 9.59 Å². The Morgan fingerprint density at radius 3 is 1.59 bits per heavy atom. The van der Waals surface area contributed by atoms with Gasteiger partial charge in [0, 0.05) is 53.4 Å². The van der Waals surface area contributed by atoms with Crippen LogP contribution in [0.4, 0.5) is 0 Å². The minimum Gasteiger partial charge on any atom is -0.424 e. The molecular weight excluding hydrogens is 769 g/mol. The van der Waals surface area contributed by atoms with Gasteiger partial charge in [0.05, 0.1) is 6.10 Å². The lowest BCUT2D eigenvalue weighted by atomic mass is 9.80. The van der Waals surface area contributed by atoms with Gasteiger partial charge in [-0.1, -0.05) is 46.7 Å². The van der Waals surface area contributed by atoms with E-state index in [0.717, 1.165) is 28.5 Å². The summed E-state index contributed by atoms with van der Waals surface area (Å²) in [5.74, 6) is 1.54. The molecule has 4 heterocycles. The van der Waals surface area contributed by atoms with E-state index in [0.29, 0.717) is 54.9 Å². The molecule has 2 fully saturated rings. The van der Waals surface area contributed by atoms with Crippen molar-refractivity contribution in [1.29, 1.82) is 0 Å². The third kappa shape index (κ3) is 8.33. The molecule has 8 rings (SSSR count). The number of amides is 2. The molecule has 2 aliphatic carbocycles. The number of rotatable bonds is 14. The minimum absolute atomic E-state index is 0.0384. The monoisotopic (exact) mass is 810 g/mol. The van der Waals surface area contributed by atoms with Gasteiger partial charge in [0.2, 0.25) is 23.6 Å². The Kier molecular flexibility index (Phi) is 10.5.